The Morgan fingerprint density at radius 1 is 1.08 bits per heavy atom. The minimum absolute atomic E-state index is 0.123. The molecule has 1 rings (SSSR count). The quantitative estimate of drug-likeness (QED) is 0.710. The molecule has 1 nitrogen and oxygen atoms in total. The van der Waals surface area contributed by atoms with Crippen molar-refractivity contribution in [2.24, 2.45) is 5.73 Å². The molecule has 0 radical (unpaired) electrons. The Labute approximate surface area is 74.4 Å². The molecule has 1 atom stereocenters. The Hall–Kier alpha value is -1.03. The fraction of sp³-hybridized carbons (Fsp3) is 0.333. The summed E-state index contributed by atoms with van der Waals surface area (Å²) in [6.45, 7) is 0.766. The molecule has 0 spiro atoms. The van der Waals surface area contributed by atoms with E-state index in [0.717, 1.165) is 6.92 Å². The summed E-state index contributed by atoms with van der Waals surface area (Å²) in [6.07, 6.45) is 0. The van der Waals surface area contributed by atoms with Crippen LogP contribution in [0.5, 0.6) is 0 Å². The highest BCUT2D eigenvalue weighted by Crippen LogP contribution is 2.36. The van der Waals surface area contributed by atoms with Crippen molar-refractivity contribution < 1.29 is 13.2 Å². The van der Waals surface area contributed by atoms with Gasteiger partial charge >= 0.3 is 6.05 Å². The van der Waals surface area contributed by atoms with Gasteiger partial charge in [-0.3, -0.25) is 5.73 Å². The number of hydrogen-bond donors (Lipinski definition) is 1. The monoisotopic (exact) mass is 189 g/mol. The molecule has 0 fully saturated rings. The summed E-state index contributed by atoms with van der Waals surface area (Å²) in [4.78, 5) is 0. The summed E-state index contributed by atoms with van der Waals surface area (Å²) in [6, 6.07) is 3.28. The average molecular weight is 189 g/mol. The van der Waals surface area contributed by atoms with Gasteiger partial charge in [-0.25, -0.2) is 4.39 Å². The molecule has 4 heteroatoms. The fourth-order valence-electron chi connectivity index (χ4n) is 0.944. The summed E-state index contributed by atoms with van der Waals surface area (Å²) in [5.41, 5.74) is 1.49. The minimum atomic E-state index is -3.87. The topological polar surface area (TPSA) is 26.0 Å². The summed E-state index contributed by atoms with van der Waals surface area (Å²) in [5, 5.41) is 0. The van der Waals surface area contributed by atoms with E-state index in [1.807, 2.05) is 0 Å². The maximum Gasteiger partial charge on any atom is 0.337 e. The van der Waals surface area contributed by atoms with Crippen LogP contribution in [0.4, 0.5) is 13.2 Å². The minimum Gasteiger partial charge on any atom is -0.269 e. The van der Waals surface area contributed by atoms with Crippen LogP contribution in [0.15, 0.2) is 30.3 Å². The molecule has 0 amide bonds. The Morgan fingerprint density at radius 2 is 1.54 bits per heavy atom. The van der Waals surface area contributed by atoms with E-state index in [1.165, 1.54) is 24.3 Å². The second-order valence-corrected chi connectivity index (χ2v) is 2.99. The number of halogens is 3. The van der Waals surface area contributed by atoms with Gasteiger partial charge in [0.15, 0.2) is 0 Å². The van der Waals surface area contributed by atoms with Gasteiger partial charge in [0.25, 0.3) is 0 Å². The van der Waals surface area contributed by atoms with Crippen LogP contribution >= 0.6 is 0 Å². The Morgan fingerprint density at radius 3 is 1.92 bits per heavy atom. The Bertz CT molecular complexity index is 277. The van der Waals surface area contributed by atoms with E-state index in [9.17, 15) is 13.2 Å². The first kappa shape index (κ1) is 10.1. The van der Waals surface area contributed by atoms with Gasteiger partial charge in [-0.1, -0.05) is 30.3 Å². The first-order valence-electron chi connectivity index (χ1n) is 3.77. The summed E-state index contributed by atoms with van der Waals surface area (Å²) < 4.78 is 38.6. The molecule has 13 heavy (non-hydrogen) atoms. The van der Waals surface area contributed by atoms with Gasteiger partial charge in [-0.15, -0.1) is 0 Å². The largest absolute Gasteiger partial charge is 0.337 e. The van der Waals surface area contributed by atoms with Crippen molar-refractivity contribution in [3.8, 4) is 0 Å². The van der Waals surface area contributed by atoms with Gasteiger partial charge in [-0.05, 0) is 12.5 Å². The van der Waals surface area contributed by atoms with Gasteiger partial charge < -0.3 is 0 Å². The lowest BCUT2D eigenvalue weighted by Gasteiger charge is -2.26. The molecular formula is C9H10F3N. The van der Waals surface area contributed by atoms with Gasteiger partial charge in [0.2, 0.25) is 5.67 Å². The third kappa shape index (κ3) is 1.83. The molecule has 0 aliphatic carbocycles. The predicted octanol–water partition coefficient (Wildman–Crippen LogP) is 2.42. The number of nitrogens with two attached hydrogens (primary N) is 1. The second-order valence-electron chi connectivity index (χ2n) is 2.99. The van der Waals surface area contributed by atoms with E-state index < -0.39 is 11.7 Å². The van der Waals surface area contributed by atoms with Crippen molar-refractivity contribution in [3.63, 3.8) is 0 Å². The molecule has 1 aromatic carbocycles. The highest BCUT2D eigenvalue weighted by atomic mass is 19.3. The van der Waals surface area contributed by atoms with Gasteiger partial charge in [0.1, 0.15) is 0 Å². The van der Waals surface area contributed by atoms with Crippen LogP contribution in [-0.4, -0.2) is 6.05 Å². The van der Waals surface area contributed by atoms with E-state index >= 15 is 0 Å². The number of hydrogen-bond acceptors (Lipinski definition) is 1. The van der Waals surface area contributed by atoms with Gasteiger partial charge in [-0.2, -0.15) is 8.78 Å². The average Bonchev–Trinajstić information content (AvgIpc) is 2.04. The maximum absolute atomic E-state index is 13.5. The first-order chi connectivity index (χ1) is 5.86. The number of alkyl halides is 3. The van der Waals surface area contributed by atoms with E-state index in [4.69, 9.17) is 0 Å². The lowest BCUT2D eigenvalue weighted by molar-refractivity contribution is -0.129. The van der Waals surface area contributed by atoms with E-state index in [-0.39, 0.29) is 5.56 Å². The van der Waals surface area contributed by atoms with E-state index in [2.05, 4.69) is 5.73 Å². The van der Waals surface area contributed by atoms with Crippen molar-refractivity contribution >= 4 is 0 Å². The van der Waals surface area contributed by atoms with Crippen molar-refractivity contribution in [3.05, 3.63) is 35.9 Å². The lowest BCUT2D eigenvalue weighted by atomic mass is 9.96. The standard InChI is InChI=1S/C9H10F3N/c1-8(10,9(11,12)13)7-5-3-2-4-6-7/h2-6H,13H2,1H3. The summed E-state index contributed by atoms with van der Waals surface area (Å²) >= 11 is 0. The molecule has 0 saturated heterocycles. The third-order valence-corrected chi connectivity index (χ3v) is 1.94. The lowest BCUT2D eigenvalue weighted by Crippen LogP contribution is -2.46. The molecule has 72 valence electrons. The molecule has 0 heterocycles. The second kappa shape index (κ2) is 3.03. The van der Waals surface area contributed by atoms with Gasteiger partial charge in [0, 0.05) is 0 Å². The van der Waals surface area contributed by atoms with Crippen molar-refractivity contribution in [1.29, 1.82) is 0 Å². The van der Waals surface area contributed by atoms with E-state index in [0.29, 0.717) is 0 Å². The Balaban J connectivity index is 3.08. The molecule has 0 bridgehead atoms. The molecule has 1 aromatic rings. The zero-order valence-corrected chi connectivity index (χ0v) is 7.10. The smallest absolute Gasteiger partial charge is 0.269 e. The van der Waals surface area contributed by atoms with Crippen LogP contribution in [0.25, 0.3) is 0 Å². The van der Waals surface area contributed by atoms with Crippen LogP contribution in [-0.2, 0) is 5.67 Å². The molecular weight excluding hydrogens is 179 g/mol. The van der Waals surface area contributed by atoms with Crippen LogP contribution in [0, 0.1) is 0 Å². The van der Waals surface area contributed by atoms with Crippen LogP contribution in [0.2, 0.25) is 0 Å². The molecule has 0 aliphatic heterocycles. The number of rotatable bonds is 2. The molecule has 0 saturated carbocycles. The highest BCUT2D eigenvalue weighted by Gasteiger charge is 2.49. The highest BCUT2D eigenvalue weighted by molar-refractivity contribution is 5.23. The first-order valence-corrected chi connectivity index (χ1v) is 3.77. The zero-order chi connectivity index (χ0) is 10.1. The maximum atomic E-state index is 13.5. The van der Waals surface area contributed by atoms with E-state index in [1.54, 1.807) is 6.07 Å². The van der Waals surface area contributed by atoms with Crippen molar-refractivity contribution in [1.82, 2.24) is 0 Å². The summed E-state index contributed by atoms with van der Waals surface area (Å²) in [5.74, 6) is 0. The molecule has 0 aromatic heterocycles. The molecule has 1 unspecified atom stereocenters. The normalized spacial score (nSPS) is 16.7. The summed E-state index contributed by atoms with van der Waals surface area (Å²) in [7, 11) is 0. The van der Waals surface area contributed by atoms with Crippen molar-refractivity contribution in [2.75, 3.05) is 0 Å². The van der Waals surface area contributed by atoms with Crippen molar-refractivity contribution in [2.45, 2.75) is 18.6 Å². The SMILES string of the molecule is CC(F)(c1ccccc1)C(N)(F)F. The Kier molecular flexibility index (Phi) is 2.34. The molecule has 0 aliphatic rings. The third-order valence-electron chi connectivity index (χ3n) is 1.94. The van der Waals surface area contributed by atoms with Crippen LogP contribution in [0.1, 0.15) is 12.5 Å². The fourth-order valence-corrected chi connectivity index (χ4v) is 0.944. The van der Waals surface area contributed by atoms with Crippen LogP contribution < -0.4 is 5.73 Å². The zero-order valence-electron chi connectivity index (χ0n) is 7.10. The van der Waals surface area contributed by atoms with Gasteiger partial charge in [0.05, 0.1) is 0 Å². The number of benzene rings is 1. The predicted molar refractivity (Wildman–Crippen MR) is 44.0 cm³/mol. The van der Waals surface area contributed by atoms with Crippen LogP contribution in [0.3, 0.4) is 0 Å². The molecule has 2 N–H and O–H groups in total.